The topological polar surface area (TPSA) is 119 Å². The Labute approximate surface area is 245 Å². The van der Waals surface area contributed by atoms with Gasteiger partial charge in [0, 0.05) is 32.1 Å². The molecule has 3 fully saturated rings. The molecule has 0 bridgehead atoms. The standard InChI is InChI=1S/C33H52O8/c1-18(2)9-12-26(37)19(3)23-10-11-24-25-17-28(40-21(5)35)29-30(41-22(6)36)27(39-20(4)34)13-14-32(29,8)33(25,38)16-15-31(23,24)7/h17-19,23-24,26-30,37-38H,9-16H2,1-8H3. The highest BCUT2D eigenvalue weighted by atomic mass is 16.6. The molecule has 4 rings (SSSR count). The van der Waals surface area contributed by atoms with E-state index in [1.54, 1.807) is 0 Å². The summed E-state index contributed by atoms with van der Waals surface area (Å²) in [5.74, 6) is -0.952. The smallest absolute Gasteiger partial charge is 0.303 e. The molecular formula is C33H52O8. The second kappa shape index (κ2) is 11.6. The Morgan fingerprint density at radius 1 is 0.902 bits per heavy atom. The highest BCUT2D eigenvalue weighted by Crippen LogP contribution is 2.69. The van der Waals surface area contributed by atoms with Crippen LogP contribution in [0.1, 0.15) is 107 Å². The van der Waals surface area contributed by atoms with Crippen LogP contribution >= 0.6 is 0 Å². The number of carbonyl (C=O) groups excluding carboxylic acids is 3. The van der Waals surface area contributed by atoms with Gasteiger partial charge in [-0.25, -0.2) is 0 Å². The average molecular weight is 577 g/mol. The summed E-state index contributed by atoms with van der Waals surface area (Å²) in [4.78, 5) is 36.7. The summed E-state index contributed by atoms with van der Waals surface area (Å²) >= 11 is 0. The molecule has 4 aliphatic rings. The maximum Gasteiger partial charge on any atom is 0.303 e. The fraction of sp³-hybridized carbons (Fsp3) is 0.848. The lowest BCUT2D eigenvalue weighted by molar-refractivity contribution is -0.231. The zero-order valence-electron chi connectivity index (χ0n) is 26.3. The highest BCUT2D eigenvalue weighted by Gasteiger charge is 2.69. The van der Waals surface area contributed by atoms with Crippen molar-refractivity contribution in [2.24, 2.45) is 40.4 Å². The zero-order valence-corrected chi connectivity index (χ0v) is 26.3. The quantitative estimate of drug-likeness (QED) is 0.232. The van der Waals surface area contributed by atoms with E-state index < -0.39 is 53.2 Å². The van der Waals surface area contributed by atoms with Crippen molar-refractivity contribution in [2.45, 2.75) is 137 Å². The van der Waals surface area contributed by atoms with Crippen LogP contribution in [0.4, 0.5) is 0 Å². The number of esters is 3. The first kappa shape index (κ1) is 32.0. The molecule has 0 saturated heterocycles. The monoisotopic (exact) mass is 576 g/mol. The maximum atomic E-state index is 12.8. The number of hydrogen-bond acceptors (Lipinski definition) is 8. The number of aliphatic hydroxyl groups excluding tert-OH is 1. The van der Waals surface area contributed by atoms with E-state index in [1.165, 1.54) is 20.8 Å². The van der Waals surface area contributed by atoms with Gasteiger partial charge in [0.2, 0.25) is 0 Å². The molecule has 0 amide bonds. The minimum absolute atomic E-state index is 0.0835. The van der Waals surface area contributed by atoms with Crippen molar-refractivity contribution >= 4 is 17.9 Å². The minimum Gasteiger partial charge on any atom is -0.459 e. The summed E-state index contributed by atoms with van der Waals surface area (Å²) in [6, 6.07) is 0. The Balaban J connectivity index is 1.75. The van der Waals surface area contributed by atoms with Gasteiger partial charge < -0.3 is 24.4 Å². The number of aliphatic hydroxyl groups is 2. The van der Waals surface area contributed by atoms with Crippen molar-refractivity contribution in [1.29, 1.82) is 0 Å². The van der Waals surface area contributed by atoms with Gasteiger partial charge in [-0.05, 0) is 92.1 Å². The van der Waals surface area contributed by atoms with Crippen LogP contribution in [-0.4, -0.2) is 58.1 Å². The molecule has 0 aromatic heterocycles. The van der Waals surface area contributed by atoms with E-state index in [4.69, 9.17) is 14.2 Å². The van der Waals surface area contributed by atoms with Crippen LogP contribution in [-0.2, 0) is 28.6 Å². The highest BCUT2D eigenvalue weighted by molar-refractivity contribution is 5.68. The molecule has 0 heterocycles. The van der Waals surface area contributed by atoms with E-state index in [0.717, 1.165) is 37.7 Å². The van der Waals surface area contributed by atoms with Gasteiger partial charge >= 0.3 is 17.9 Å². The molecule has 11 unspecified atom stereocenters. The van der Waals surface area contributed by atoms with Crippen LogP contribution in [0.2, 0.25) is 0 Å². The van der Waals surface area contributed by atoms with Gasteiger partial charge in [0.1, 0.15) is 18.3 Å². The Morgan fingerprint density at radius 3 is 2.12 bits per heavy atom. The predicted molar refractivity (Wildman–Crippen MR) is 153 cm³/mol. The summed E-state index contributed by atoms with van der Waals surface area (Å²) in [5, 5.41) is 23.9. The van der Waals surface area contributed by atoms with Crippen molar-refractivity contribution in [3.63, 3.8) is 0 Å². The fourth-order valence-electron chi connectivity index (χ4n) is 9.44. The van der Waals surface area contributed by atoms with E-state index in [2.05, 4.69) is 27.7 Å². The van der Waals surface area contributed by atoms with E-state index in [9.17, 15) is 24.6 Å². The third kappa shape index (κ3) is 5.60. The normalized spacial score (nSPS) is 41.3. The minimum atomic E-state index is -1.19. The number of ether oxygens (including phenoxy) is 3. The lowest BCUT2D eigenvalue weighted by Crippen LogP contribution is -2.68. The molecule has 0 spiro atoms. The largest absolute Gasteiger partial charge is 0.459 e. The van der Waals surface area contributed by atoms with E-state index in [0.29, 0.717) is 31.1 Å². The first-order chi connectivity index (χ1) is 19.0. The van der Waals surface area contributed by atoms with Crippen LogP contribution in [0.25, 0.3) is 0 Å². The van der Waals surface area contributed by atoms with Gasteiger partial charge in [0.05, 0.1) is 11.7 Å². The molecular weight excluding hydrogens is 524 g/mol. The van der Waals surface area contributed by atoms with Gasteiger partial charge in [-0.3, -0.25) is 14.4 Å². The Hall–Kier alpha value is -1.93. The van der Waals surface area contributed by atoms with Crippen molar-refractivity contribution < 1.29 is 38.8 Å². The number of rotatable bonds is 8. The van der Waals surface area contributed by atoms with Crippen molar-refractivity contribution in [3.8, 4) is 0 Å². The fourth-order valence-corrected chi connectivity index (χ4v) is 9.44. The molecule has 0 radical (unpaired) electrons. The second-order valence-electron chi connectivity index (χ2n) is 14.4. The SMILES string of the molecule is CC(=O)OC1C=C2C3CCC(C(C)C(O)CCC(C)C)C3(C)CCC2(O)C2(C)CCC(OC(C)=O)C(OC(C)=O)C12. The molecule has 232 valence electrons. The summed E-state index contributed by atoms with van der Waals surface area (Å²) < 4.78 is 17.4. The van der Waals surface area contributed by atoms with Crippen LogP contribution in [0.5, 0.6) is 0 Å². The number of carbonyl (C=O) groups is 3. The molecule has 11 atom stereocenters. The van der Waals surface area contributed by atoms with Gasteiger partial charge in [-0.15, -0.1) is 0 Å². The molecule has 8 heteroatoms. The Kier molecular flexibility index (Phi) is 9.08. The Morgan fingerprint density at radius 2 is 1.54 bits per heavy atom. The van der Waals surface area contributed by atoms with E-state index in [-0.39, 0.29) is 23.4 Å². The van der Waals surface area contributed by atoms with Gasteiger partial charge in [-0.2, -0.15) is 0 Å². The molecule has 4 aliphatic carbocycles. The average Bonchev–Trinajstić information content (AvgIpc) is 3.21. The molecule has 8 nitrogen and oxygen atoms in total. The van der Waals surface area contributed by atoms with Crippen molar-refractivity contribution in [3.05, 3.63) is 11.6 Å². The molecule has 2 N–H and O–H groups in total. The zero-order chi connectivity index (χ0) is 30.5. The molecule has 0 aliphatic heterocycles. The van der Waals surface area contributed by atoms with Crippen molar-refractivity contribution in [2.75, 3.05) is 0 Å². The summed E-state index contributed by atoms with van der Waals surface area (Å²) in [6.07, 6.45) is 5.21. The summed E-state index contributed by atoms with van der Waals surface area (Å²) in [7, 11) is 0. The molecule has 41 heavy (non-hydrogen) atoms. The third-order valence-electron chi connectivity index (χ3n) is 11.5. The maximum absolute atomic E-state index is 12.8. The predicted octanol–water partition coefficient (Wildman–Crippen LogP) is 5.13. The molecule has 0 aromatic carbocycles. The van der Waals surface area contributed by atoms with Gasteiger partial charge in [-0.1, -0.05) is 34.6 Å². The summed E-state index contributed by atoms with van der Waals surface area (Å²) in [6.45, 7) is 14.9. The first-order valence-electron chi connectivity index (χ1n) is 15.7. The lowest BCUT2D eigenvalue weighted by atomic mass is 9.44. The van der Waals surface area contributed by atoms with Crippen LogP contribution in [0.15, 0.2) is 11.6 Å². The summed E-state index contributed by atoms with van der Waals surface area (Å²) in [5.41, 5.74) is -1.15. The van der Waals surface area contributed by atoms with Gasteiger partial charge in [0.15, 0.2) is 0 Å². The Bertz CT molecular complexity index is 1050. The van der Waals surface area contributed by atoms with Crippen LogP contribution in [0, 0.1) is 40.4 Å². The van der Waals surface area contributed by atoms with E-state index >= 15 is 0 Å². The molecule has 3 saturated carbocycles. The number of hydrogen-bond donors (Lipinski definition) is 2. The number of fused-ring (bicyclic) bond motifs is 5. The van der Waals surface area contributed by atoms with Crippen LogP contribution < -0.4 is 0 Å². The van der Waals surface area contributed by atoms with E-state index in [1.807, 2.05) is 13.0 Å². The van der Waals surface area contributed by atoms with Gasteiger partial charge in [0.25, 0.3) is 0 Å². The molecule has 0 aromatic rings. The van der Waals surface area contributed by atoms with Crippen molar-refractivity contribution in [1.82, 2.24) is 0 Å². The lowest BCUT2D eigenvalue weighted by Gasteiger charge is -2.64. The van der Waals surface area contributed by atoms with Crippen LogP contribution in [0.3, 0.4) is 0 Å². The first-order valence-corrected chi connectivity index (χ1v) is 15.7. The second-order valence-corrected chi connectivity index (χ2v) is 14.4. The third-order valence-corrected chi connectivity index (χ3v) is 11.5.